The fourth-order valence-electron chi connectivity index (χ4n) is 2.00. The lowest BCUT2D eigenvalue weighted by Gasteiger charge is -2.20. The normalized spacial score (nSPS) is 12.9. The molecule has 0 aromatic heterocycles. The molecule has 8 heteroatoms. The van der Waals surface area contributed by atoms with Gasteiger partial charge in [-0.05, 0) is 24.0 Å². The van der Waals surface area contributed by atoms with Gasteiger partial charge in [0.15, 0.2) is 0 Å². The molecule has 2 amide bonds. The molecule has 5 N–H and O–H groups in total. The molecule has 2 unspecified atom stereocenters. The average Bonchev–Trinajstić information content (AvgIpc) is 2.57. The van der Waals surface area contributed by atoms with Crippen molar-refractivity contribution in [1.82, 2.24) is 10.6 Å². The molecule has 0 saturated heterocycles. The van der Waals surface area contributed by atoms with Crippen molar-refractivity contribution in [3.05, 3.63) is 35.9 Å². The first kappa shape index (κ1) is 20.0. The minimum absolute atomic E-state index is 0.257. The molecule has 1 aromatic carbocycles. The Bertz CT molecular complexity index is 554. The summed E-state index contributed by atoms with van der Waals surface area (Å²) in [5.41, 5.74) is 6.67. The Kier molecular flexibility index (Phi) is 8.88. The maximum Gasteiger partial charge on any atom is 0.322 e. The molecule has 0 aliphatic carbocycles. The Balaban J connectivity index is 2.74. The van der Waals surface area contributed by atoms with Crippen LogP contribution in [-0.4, -0.2) is 53.5 Å². The summed E-state index contributed by atoms with van der Waals surface area (Å²) in [4.78, 5) is 34.9. The van der Waals surface area contributed by atoms with Crippen molar-refractivity contribution < 1.29 is 19.5 Å². The van der Waals surface area contributed by atoms with E-state index in [1.807, 2.05) is 36.6 Å². The van der Waals surface area contributed by atoms with E-state index in [0.717, 1.165) is 11.3 Å². The predicted molar refractivity (Wildman–Crippen MR) is 93.7 cm³/mol. The summed E-state index contributed by atoms with van der Waals surface area (Å²) in [5.74, 6) is -1.38. The van der Waals surface area contributed by atoms with Crippen LogP contribution in [0.4, 0.5) is 0 Å². The molecule has 0 spiro atoms. The third-order valence-electron chi connectivity index (χ3n) is 3.30. The molecule has 2 atom stereocenters. The number of rotatable bonds is 10. The van der Waals surface area contributed by atoms with Crippen molar-refractivity contribution in [2.75, 3.05) is 18.6 Å². The van der Waals surface area contributed by atoms with Crippen molar-refractivity contribution in [1.29, 1.82) is 0 Å². The van der Waals surface area contributed by atoms with Gasteiger partial charge in [0.1, 0.15) is 12.6 Å². The van der Waals surface area contributed by atoms with Gasteiger partial charge in [-0.3, -0.25) is 14.4 Å². The third-order valence-corrected chi connectivity index (χ3v) is 3.94. The molecular weight excluding hydrogens is 330 g/mol. The molecule has 0 bridgehead atoms. The Labute approximate surface area is 145 Å². The van der Waals surface area contributed by atoms with Crippen molar-refractivity contribution in [2.24, 2.45) is 5.73 Å². The molecule has 1 rings (SSSR count). The molecule has 1 aromatic rings. The first-order valence-corrected chi connectivity index (χ1v) is 8.91. The van der Waals surface area contributed by atoms with Gasteiger partial charge in [0.25, 0.3) is 0 Å². The highest BCUT2D eigenvalue weighted by atomic mass is 32.2. The minimum atomic E-state index is -1.15. The molecule has 24 heavy (non-hydrogen) atoms. The van der Waals surface area contributed by atoms with E-state index in [1.165, 1.54) is 0 Å². The Morgan fingerprint density at radius 3 is 2.46 bits per heavy atom. The molecule has 132 valence electrons. The van der Waals surface area contributed by atoms with Gasteiger partial charge < -0.3 is 21.5 Å². The van der Waals surface area contributed by atoms with Gasteiger partial charge in [-0.2, -0.15) is 11.8 Å². The molecule has 0 aliphatic rings. The number of hydrogen-bond acceptors (Lipinski definition) is 5. The summed E-state index contributed by atoms with van der Waals surface area (Å²) in [6, 6.07) is 7.58. The Morgan fingerprint density at radius 1 is 1.21 bits per heavy atom. The van der Waals surface area contributed by atoms with Crippen molar-refractivity contribution in [3.63, 3.8) is 0 Å². The molecule has 0 saturated carbocycles. The van der Waals surface area contributed by atoms with Crippen LogP contribution < -0.4 is 16.4 Å². The van der Waals surface area contributed by atoms with E-state index in [0.29, 0.717) is 6.42 Å². The van der Waals surface area contributed by atoms with Crippen molar-refractivity contribution >= 4 is 29.5 Å². The standard InChI is InChI=1S/C16H23N3O4S/c1-24-8-7-12(17)15(22)19-13(16(23)18-10-14(20)21)9-11-5-3-2-4-6-11/h2-6,12-13H,7-10,17H2,1H3,(H,18,23)(H,19,22)(H,20,21). The third kappa shape index (κ3) is 7.47. The fourth-order valence-corrected chi connectivity index (χ4v) is 2.49. The molecular formula is C16H23N3O4S. The summed E-state index contributed by atoms with van der Waals surface area (Å²) < 4.78 is 0. The highest BCUT2D eigenvalue weighted by molar-refractivity contribution is 7.98. The van der Waals surface area contributed by atoms with Crippen molar-refractivity contribution in [3.8, 4) is 0 Å². The van der Waals surface area contributed by atoms with Crippen LogP contribution in [-0.2, 0) is 20.8 Å². The lowest BCUT2D eigenvalue weighted by Crippen LogP contribution is -2.53. The summed E-state index contributed by atoms with van der Waals surface area (Å²) >= 11 is 1.58. The van der Waals surface area contributed by atoms with E-state index in [9.17, 15) is 14.4 Å². The van der Waals surface area contributed by atoms with Gasteiger partial charge in [-0.25, -0.2) is 0 Å². The van der Waals surface area contributed by atoms with Crippen molar-refractivity contribution in [2.45, 2.75) is 24.9 Å². The van der Waals surface area contributed by atoms with Crippen LogP contribution in [0.1, 0.15) is 12.0 Å². The second-order valence-electron chi connectivity index (χ2n) is 5.25. The largest absolute Gasteiger partial charge is 0.480 e. The van der Waals surface area contributed by atoms with Gasteiger partial charge in [0, 0.05) is 6.42 Å². The highest BCUT2D eigenvalue weighted by Gasteiger charge is 2.24. The van der Waals surface area contributed by atoms with E-state index in [1.54, 1.807) is 11.8 Å². The van der Waals surface area contributed by atoms with E-state index < -0.39 is 36.4 Å². The van der Waals surface area contributed by atoms with Crippen LogP contribution >= 0.6 is 11.8 Å². The highest BCUT2D eigenvalue weighted by Crippen LogP contribution is 2.05. The van der Waals surface area contributed by atoms with Gasteiger partial charge in [0.2, 0.25) is 11.8 Å². The number of aliphatic carboxylic acids is 1. The maximum atomic E-state index is 12.2. The van der Waals surface area contributed by atoms with E-state index >= 15 is 0 Å². The number of carbonyl (C=O) groups excluding carboxylic acids is 2. The number of nitrogens with one attached hydrogen (secondary N) is 2. The zero-order chi connectivity index (χ0) is 17.9. The Hall–Kier alpha value is -2.06. The van der Waals surface area contributed by atoms with E-state index in [2.05, 4.69) is 10.6 Å². The number of carboxylic acids is 1. The first-order valence-electron chi connectivity index (χ1n) is 7.52. The summed E-state index contributed by atoms with van der Waals surface area (Å²) in [6.45, 7) is -0.501. The fraction of sp³-hybridized carbons (Fsp3) is 0.438. The predicted octanol–water partition coefficient (Wildman–Crippen LogP) is -0.00490. The van der Waals surface area contributed by atoms with Crippen LogP contribution in [0.15, 0.2) is 30.3 Å². The van der Waals surface area contributed by atoms with E-state index in [-0.39, 0.29) is 6.42 Å². The monoisotopic (exact) mass is 353 g/mol. The molecule has 0 aliphatic heterocycles. The zero-order valence-electron chi connectivity index (χ0n) is 13.5. The Morgan fingerprint density at radius 2 is 1.88 bits per heavy atom. The quantitative estimate of drug-likeness (QED) is 0.470. The number of nitrogens with two attached hydrogens (primary N) is 1. The maximum absolute atomic E-state index is 12.2. The van der Waals surface area contributed by atoms with E-state index in [4.69, 9.17) is 10.8 Å². The van der Waals surface area contributed by atoms with Crippen LogP contribution in [0.3, 0.4) is 0 Å². The number of benzene rings is 1. The smallest absolute Gasteiger partial charge is 0.322 e. The average molecular weight is 353 g/mol. The summed E-state index contributed by atoms with van der Waals surface area (Å²) in [6.07, 6.45) is 2.68. The van der Waals surface area contributed by atoms with Gasteiger partial charge in [0.05, 0.1) is 6.04 Å². The lowest BCUT2D eigenvalue weighted by molar-refractivity contribution is -0.138. The topological polar surface area (TPSA) is 122 Å². The molecule has 0 radical (unpaired) electrons. The van der Waals surface area contributed by atoms with Gasteiger partial charge >= 0.3 is 5.97 Å². The number of amides is 2. The number of carbonyl (C=O) groups is 3. The SMILES string of the molecule is CSCCC(N)C(=O)NC(Cc1ccccc1)C(=O)NCC(=O)O. The minimum Gasteiger partial charge on any atom is -0.480 e. The zero-order valence-corrected chi connectivity index (χ0v) is 14.3. The second kappa shape index (κ2) is 10.7. The van der Waals surface area contributed by atoms with Crippen LogP contribution in [0.5, 0.6) is 0 Å². The lowest BCUT2D eigenvalue weighted by atomic mass is 10.0. The van der Waals surface area contributed by atoms with Crippen LogP contribution in [0.2, 0.25) is 0 Å². The van der Waals surface area contributed by atoms with Gasteiger partial charge in [-0.1, -0.05) is 30.3 Å². The molecule has 0 heterocycles. The summed E-state index contributed by atoms with van der Waals surface area (Å²) in [7, 11) is 0. The van der Waals surface area contributed by atoms with Crippen LogP contribution in [0, 0.1) is 0 Å². The number of hydrogen-bond donors (Lipinski definition) is 4. The first-order chi connectivity index (χ1) is 11.4. The van der Waals surface area contributed by atoms with Crippen LogP contribution in [0.25, 0.3) is 0 Å². The number of carboxylic acid groups (broad SMARTS) is 1. The molecule has 7 nitrogen and oxygen atoms in total. The number of thioether (sulfide) groups is 1. The summed E-state index contributed by atoms with van der Waals surface area (Å²) in [5, 5.41) is 13.6. The molecule has 0 fully saturated rings. The van der Waals surface area contributed by atoms with Gasteiger partial charge in [-0.15, -0.1) is 0 Å². The second-order valence-corrected chi connectivity index (χ2v) is 6.24.